The van der Waals surface area contributed by atoms with Crippen molar-refractivity contribution >= 4 is 39.1 Å². The van der Waals surface area contributed by atoms with E-state index < -0.39 is 15.9 Å². The second kappa shape index (κ2) is 8.33. The minimum Gasteiger partial charge on any atom is -0.350 e. The van der Waals surface area contributed by atoms with Crippen molar-refractivity contribution in [3.63, 3.8) is 0 Å². The molecule has 0 heterocycles. The summed E-state index contributed by atoms with van der Waals surface area (Å²) < 4.78 is 27.5. The van der Waals surface area contributed by atoms with Gasteiger partial charge in [-0.05, 0) is 39.3 Å². The summed E-state index contributed by atoms with van der Waals surface area (Å²) in [7, 11) is -3.83. The molecule has 0 aliphatic carbocycles. The molecule has 0 aliphatic rings. The maximum Gasteiger partial charge on any atom is 0.253 e. The van der Waals surface area contributed by atoms with E-state index in [1.165, 1.54) is 12.1 Å². The van der Waals surface area contributed by atoms with Gasteiger partial charge in [0.15, 0.2) is 0 Å². The fourth-order valence-corrected chi connectivity index (χ4v) is 4.21. The van der Waals surface area contributed by atoms with E-state index in [0.29, 0.717) is 6.42 Å². The van der Waals surface area contributed by atoms with Crippen molar-refractivity contribution in [1.29, 1.82) is 0 Å². The van der Waals surface area contributed by atoms with Crippen LogP contribution in [0.3, 0.4) is 0 Å². The molecule has 1 amide bonds. The van der Waals surface area contributed by atoms with Gasteiger partial charge in [-0.3, -0.25) is 4.79 Å². The molecule has 5 nitrogen and oxygen atoms in total. The molecule has 1 atom stereocenters. The average Bonchev–Trinajstić information content (AvgIpc) is 2.36. The number of rotatable bonds is 7. The summed E-state index contributed by atoms with van der Waals surface area (Å²) in [5.41, 5.74) is 0.0771. The molecule has 0 saturated carbocycles. The molecular weight excluding hydrogens is 359 g/mol. The Kier molecular flexibility index (Phi) is 7.32. The molecule has 23 heavy (non-hydrogen) atoms. The molecule has 0 bridgehead atoms. The van der Waals surface area contributed by atoms with E-state index in [-0.39, 0.29) is 32.6 Å². The van der Waals surface area contributed by atoms with Gasteiger partial charge in [0.2, 0.25) is 10.0 Å². The maximum atomic E-state index is 12.5. The van der Waals surface area contributed by atoms with Crippen molar-refractivity contribution < 1.29 is 13.2 Å². The number of sulfonamides is 1. The summed E-state index contributed by atoms with van der Waals surface area (Å²) in [5, 5.41) is 2.76. The van der Waals surface area contributed by atoms with Crippen LogP contribution in [-0.4, -0.2) is 26.4 Å². The lowest BCUT2D eigenvalue weighted by Crippen LogP contribution is -2.33. The van der Waals surface area contributed by atoms with Gasteiger partial charge < -0.3 is 5.32 Å². The zero-order valence-electron chi connectivity index (χ0n) is 13.6. The molecule has 0 fully saturated rings. The highest BCUT2D eigenvalue weighted by atomic mass is 35.5. The minimum absolute atomic E-state index is 0.0210. The van der Waals surface area contributed by atoms with Crippen LogP contribution in [0, 0.1) is 0 Å². The highest BCUT2D eigenvalue weighted by molar-refractivity contribution is 7.89. The fourth-order valence-electron chi connectivity index (χ4n) is 2.07. The third-order valence-electron chi connectivity index (χ3n) is 3.05. The molecule has 1 aromatic carbocycles. The molecule has 0 spiro atoms. The van der Waals surface area contributed by atoms with Crippen LogP contribution in [0.4, 0.5) is 0 Å². The highest BCUT2D eigenvalue weighted by Crippen LogP contribution is 2.29. The topological polar surface area (TPSA) is 75.3 Å². The van der Waals surface area contributed by atoms with Gasteiger partial charge in [-0.15, -0.1) is 0 Å². The quantitative estimate of drug-likeness (QED) is 0.758. The molecule has 0 aromatic heterocycles. The van der Waals surface area contributed by atoms with E-state index in [9.17, 15) is 13.2 Å². The van der Waals surface area contributed by atoms with Crippen LogP contribution in [0.25, 0.3) is 0 Å². The molecule has 1 aromatic rings. The normalized spacial score (nSPS) is 13.2. The first-order valence-corrected chi connectivity index (χ1v) is 9.64. The van der Waals surface area contributed by atoms with Crippen LogP contribution in [-0.2, 0) is 10.0 Å². The van der Waals surface area contributed by atoms with E-state index in [2.05, 4.69) is 10.0 Å². The lowest BCUT2D eigenvalue weighted by Gasteiger charge is -2.16. The van der Waals surface area contributed by atoms with Gasteiger partial charge in [0.25, 0.3) is 5.91 Å². The Balaban J connectivity index is 3.24. The van der Waals surface area contributed by atoms with Gasteiger partial charge in [0, 0.05) is 12.1 Å². The van der Waals surface area contributed by atoms with Crippen molar-refractivity contribution in [2.24, 2.45) is 0 Å². The maximum absolute atomic E-state index is 12.5. The number of carbonyl (C=O) groups is 1. The molecule has 0 saturated heterocycles. The van der Waals surface area contributed by atoms with Crippen LogP contribution in [0.2, 0.25) is 10.0 Å². The number of nitrogens with one attached hydrogen (secondary N) is 2. The smallest absolute Gasteiger partial charge is 0.253 e. The van der Waals surface area contributed by atoms with Gasteiger partial charge in [0.05, 0.1) is 15.6 Å². The Bertz CT molecular complexity index is 676. The monoisotopic (exact) mass is 380 g/mol. The summed E-state index contributed by atoms with van der Waals surface area (Å²) in [6.07, 6.45) is 1.55. The molecule has 130 valence electrons. The number of benzene rings is 1. The standard InChI is InChI=1S/C15H22Cl2N2O3S/c1-5-6-10(4)19-23(21,22)14-7-11(12(16)8-13(14)17)15(20)18-9(2)3/h7-10,19H,5-6H2,1-4H3,(H,18,20). The van der Waals surface area contributed by atoms with Crippen molar-refractivity contribution in [1.82, 2.24) is 10.0 Å². The van der Waals surface area contributed by atoms with Crippen LogP contribution >= 0.6 is 23.2 Å². The fraction of sp³-hybridized carbons (Fsp3) is 0.533. The zero-order valence-corrected chi connectivity index (χ0v) is 15.9. The first kappa shape index (κ1) is 20.2. The molecule has 8 heteroatoms. The van der Waals surface area contributed by atoms with E-state index in [1.54, 1.807) is 20.8 Å². The molecule has 0 radical (unpaired) electrons. The van der Waals surface area contributed by atoms with Crippen LogP contribution in [0.15, 0.2) is 17.0 Å². The third kappa shape index (κ3) is 5.64. The van der Waals surface area contributed by atoms with Crippen LogP contribution in [0.5, 0.6) is 0 Å². The molecule has 1 rings (SSSR count). The van der Waals surface area contributed by atoms with Gasteiger partial charge in [-0.25, -0.2) is 13.1 Å². The Morgan fingerprint density at radius 2 is 1.78 bits per heavy atom. The number of halogens is 2. The van der Waals surface area contributed by atoms with Crippen molar-refractivity contribution in [2.45, 2.75) is 57.5 Å². The van der Waals surface area contributed by atoms with Crippen molar-refractivity contribution in [3.8, 4) is 0 Å². The summed E-state index contributed by atoms with van der Waals surface area (Å²) in [4.78, 5) is 12.0. The summed E-state index contributed by atoms with van der Waals surface area (Å²) in [5.74, 6) is -0.445. The van der Waals surface area contributed by atoms with Gasteiger partial charge in [0.1, 0.15) is 4.90 Å². The van der Waals surface area contributed by atoms with E-state index >= 15 is 0 Å². The number of carbonyl (C=O) groups excluding carboxylic acids is 1. The summed E-state index contributed by atoms with van der Waals surface area (Å²) in [6.45, 7) is 7.34. The van der Waals surface area contributed by atoms with Crippen LogP contribution in [0.1, 0.15) is 50.9 Å². The Morgan fingerprint density at radius 3 is 2.30 bits per heavy atom. The second-order valence-corrected chi connectivity index (χ2v) is 8.20. The van der Waals surface area contributed by atoms with Gasteiger partial charge in [-0.2, -0.15) is 0 Å². The zero-order chi connectivity index (χ0) is 17.8. The van der Waals surface area contributed by atoms with E-state index in [0.717, 1.165) is 6.42 Å². The predicted octanol–water partition coefficient (Wildman–Crippen LogP) is 3.60. The van der Waals surface area contributed by atoms with Gasteiger partial charge in [-0.1, -0.05) is 36.5 Å². The Hall–Kier alpha value is -0.820. The SMILES string of the molecule is CCCC(C)NS(=O)(=O)c1cc(C(=O)NC(C)C)c(Cl)cc1Cl. The van der Waals surface area contributed by atoms with Crippen molar-refractivity contribution in [3.05, 3.63) is 27.7 Å². The van der Waals surface area contributed by atoms with Crippen molar-refractivity contribution in [2.75, 3.05) is 0 Å². The first-order valence-electron chi connectivity index (χ1n) is 7.40. The Labute approximate surface area is 147 Å². The van der Waals surface area contributed by atoms with E-state index in [1.807, 2.05) is 6.92 Å². The van der Waals surface area contributed by atoms with Crippen LogP contribution < -0.4 is 10.0 Å². The number of amides is 1. The lowest BCUT2D eigenvalue weighted by molar-refractivity contribution is 0.0943. The lowest BCUT2D eigenvalue weighted by atomic mass is 10.2. The molecule has 2 N–H and O–H groups in total. The summed E-state index contributed by atoms with van der Waals surface area (Å²) in [6, 6.07) is 2.16. The first-order chi connectivity index (χ1) is 10.6. The largest absolute Gasteiger partial charge is 0.350 e. The number of hydrogen-bond acceptors (Lipinski definition) is 3. The minimum atomic E-state index is -3.83. The third-order valence-corrected chi connectivity index (χ3v) is 5.42. The predicted molar refractivity (Wildman–Crippen MR) is 93.8 cm³/mol. The second-order valence-electron chi connectivity index (χ2n) is 5.70. The average molecular weight is 381 g/mol. The molecular formula is C15H22Cl2N2O3S. The molecule has 0 aliphatic heterocycles. The number of hydrogen-bond donors (Lipinski definition) is 2. The Morgan fingerprint density at radius 1 is 1.17 bits per heavy atom. The molecule has 1 unspecified atom stereocenters. The van der Waals surface area contributed by atoms with E-state index in [4.69, 9.17) is 23.2 Å². The van der Waals surface area contributed by atoms with Gasteiger partial charge >= 0.3 is 0 Å². The highest BCUT2D eigenvalue weighted by Gasteiger charge is 2.24. The summed E-state index contributed by atoms with van der Waals surface area (Å²) >= 11 is 12.0.